The maximum atomic E-state index is 11.5. The molecule has 0 aromatic heterocycles. The van der Waals surface area contributed by atoms with Gasteiger partial charge >= 0.3 is 5.97 Å². The first-order chi connectivity index (χ1) is 9.37. The topological polar surface area (TPSA) is 61.8 Å². The van der Waals surface area contributed by atoms with Crippen LogP contribution in [-0.4, -0.2) is 60.9 Å². The zero-order chi connectivity index (χ0) is 15.2. The molecular weight excluding hydrogens is 256 g/mol. The second-order valence-electron chi connectivity index (χ2n) is 6.49. The Morgan fingerprint density at radius 2 is 2.10 bits per heavy atom. The number of ether oxygens (including phenoxy) is 1. The van der Waals surface area contributed by atoms with Crippen molar-refractivity contribution < 1.29 is 14.6 Å². The number of carboxylic acid groups (broad SMARTS) is 1. The van der Waals surface area contributed by atoms with Crippen molar-refractivity contribution in [2.75, 3.05) is 33.4 Å². The first kappa shape index (κ1) is 17.4. The van der Waals surface area contributed by atoms with E-state index < -0.39 is 11.5 Å². The molecule has 1 atom stereocenters. The molecule has 0 bridgehead atoms. The number of aliphatic carboxylic acids is 1. The Morgan fingerprint density at radius 3 is 2.55 bits per heavy atom. The molecule has 0 saturated heterocycles. The Morgan fingerprint density at radius 1 is 1.45 bits per heavy atom. The molecule has 1 aliphatic rings. The van der Waals surface area contributed by atoms with Crippen molar-refractivity contribution in [3.63, 3.8) is 0 Å². The fraction of sp³-hybridized carbons (Fsp3) is 0.933. The molecule has 0 aliphatic heterocycles. The number of hydrogen-bond acceptors (Lipinski definition) is 4. The SMILES string of the molecule is COCCN(CCC(C)(NC1CC1)C(=O)O)CC(C)C. The van der Waals surface area contributed by atoms with E-state index in [1.165, 1.54) is 0 Å². The van der Waals surface area contributed by atoms with Crippen LogP contribution in [0.15, 0.2) is 0 Å². The van der Waals surface area contributed by atoms with Gasteiger partial charge in [-0.15, -0.1) is 0 Å². The summed E-state index contributed by atoms with van der Waals surface area (Å²) in [7, 11) is 1.70. The van der Waals surface area contributed by atoms with Gasteiger partial charge in [0, 0.05) is 32.8 Å². The molecule has 1 aliphatic carbocycles. The van der Waals surface area contributed by atoms with Crippen molar-refractivity contribution in [3.05, 3.63) is 0 Å². The van der Waals surface area contributed by atoms with Crippen LogP contribution >= 0.6 is 0 Å². The predicted octanol–water partition coefficient (Wildman–Crippen LogP) is 1.58. The van der Waals surface area contributed by atoms with Crippen LogP contribution in [0.25, 0.3) is 0 Å². The fourth-order valence-corrected chi connectivity index (χ4v) is 2.33. The van der Waals surface area contributed by atoms with Crippen molar-refractivity contribution in [1.82, 2.24) is 10.2 Å². The van der Waals surface area contributed by atoms with Crippen LogP contribution in [-0.2, 0) is 9.53 Å². The van der Waals surface area contributed by atoms with E-state index in [-0.39, 0.29) is 0 Å². The van der Waals surface area contributed by atoms with Gasteiger partial charge in [0.1, 0.15) is 5.54 Å². The number of hydrogen-bond donors (Lipinski definition) is 2. The quantitative estimate of drug-likeness (QED) is 0.604. The third-order valence-corrected chi connectivity index (χ3v) is 3.74. The van der Waals surface area contributed by atoms with Crippen LogP contribution in [0.2, 0.25) is 0 Å². The first-order valence-corrected chi connectivity index (χ1v) is 7.60. The molecule has 2 N–H and O–H groups in total. The maximum absolute atomic E-state index is 11.5. The average molecular weight is 286 g/mol. The molecule has 5 heteroatoms. The number of nitrogens with zero attached hydrogens (tertiary/aromatic N) is 1. The predicted molar refractivity (Wildman–Crippen MR) is 80.0 cm³/mol. The van der Waals surface area contributed by atoms with Crippen molar-refractivity contribution in [2.45, 2.75) is 51.6 Å². The summed E-state index contributed by atoms with van der Waals surface area (Å²) in [5.41, 5.74) is -0.816. The molecule has 5 nitrogen and oxygen atoms in total. The minimum Gasteiger partial charge on any atom is -0.480 e. The average Bonchev–Trinajstić information content (AvgIpc) is 3.15. The second-order valence-corrected chi connectivity index (χ2v) is 6.49. The van der Waals surface area contributed by atoms with Gasteiger partial charge in [-0.25, -0.2) is 0 Å². The Labute approximate surface area is 122 Å². The molecule has 1 unspecified atom stereocenters. The van der Waals surface area contributed by atoms with Crippen molar-refractivity contribution in [2.24, 2.45) is 5.92 Å². The zero-order valence-electron chi connectivity index (χ0n) is 13.3. The highest BCUT2D eigenvalue weighted by molar-refractivity contribution is 5.78. The lowest BCUT2D eigenvalue weighted by atomic mass is 9.97. The lowest BCUT2D eigenvalue weighted by Crippen LogP contribution is -2.52. The van der Waals surface area contributed by atoms with Gasteiger partial charge in [-0.05, 0) is 32.1 Å². The van der Waals surface area contributed by atoms with E-state index in [0.717, 1.165) is 32.5 Å². The minimum absolute atomic E-state index is 0.397. The minimum atomic E-state index is -0.816. The summed E-state index contributed by atoms with van der Waals surface area (Å²) in [5, 5.41) is 12.7. The molecule has 1 rings (SSSR count). The van der Waals surface area contributed by atoms with Gasteiger partial charge in [-0.3, -0.25) is 10.1 Å². The van der Waals surface area contributed by atoms with Crippen LogP contribution < -0.4 is 5.32 Å². The normalized spacial score (nSPS) is 18.5. The number of nitrogens with one attached hydrogen (secondary N) is 1. The Bertz CT molecular complexity index is 305. The number of rotatable bonds is 11. The molecule has 0 aromatic carbocycles. The number of methoxy groups -OCH3 is 1. The Hall–Kier alpha value is -0.650. The summed E-state index contributed by atoms with van der Waals surface area (Å²) in [4.78, 5) is 13.8. The van der Waals surface area contributed by atoms with E-state index in [2.05, 4.69) is 24.1 Å². The molecule has 20 heavy (non-hydrogen) atoms. The molecular formula is C15H30N2O3. The molecule has 0 aromatic rings. The van der Waals surface area contributed by atoms with E-state index in [4.69, 9.17) is 4.74 Å². The summed E-state index contributed by atoms with van der Waals surface area (Å²) >= 11 is 0. The van der Waals surface area contributed by atoms with Gasteiger partial charge in [0.2, 0.25) is 0 Å². The number of carboxylic acids is 1. The van der Waals surface area contributed by atoms with Crippen molar-refractivity contribution in [3.8, 4) is 0 Å². The van der Waals surface area contributed by atoms with Gasteiger partial charge in [-0.1, -0.05) is 13.8 Å². The third kappa shape index (κ3) is 6.20. The van der Waals surface area contributed by atoms with Crippen LogP contribution in [0.1, 0.15) is 40.0 Å². The highest BCUT2D eigenvalue weighted by Crippen LogP contribution is 2.24. The van der Waals surface area contributed by atoms with Crippen molar-refractivity contribution >= 4 is 5.97 Å². The molecule has 0 radical (unpaired) electrons. The highest BCUT2D eigenvalue weighted by atomic mass is 16.5. The van der Waals surface area contributed by atoms with Gasteiger partial charge in [0.15, 0.2) is 0 Å². The van der Waals surface area contributed by atoms with Gasteiger partial charge in [-0.2, -0.15) is 0 Å². The smallest absolute Gasteiger partial charge is 0.323 e. The lowest BCUT2D eigenvalue weighted by Gasteiger charge is -2.31. The largest absolute Gasteiger partial charge is 0.480 e. The summed E-state index contributed by atoms with van der Waals surface area (Å²) in [6.07, 6.45) is 2.82. The van der Waals surface area contributed by atoms with E-state index >= 15 is 0 Å². The molecule has 0 heterocycles. The number of carbonyl (C=O) groups is 1. The van der Waals surface area contributed by atoms with Gasteiger partial charge < -0.3 is 14.7 Å². The third-order valence-electron chi connectivity index (χ3n) is 3.74. The summed E-state index contributed by atoms with van der Waals surface area (Å²) in [6.45, 7) is 9.46. The fourth-order valence-electron chi connectivity index (χ4n) is 2.33. The Balaban J connectivity index is 2.49. The molecule has 1 fully saturated rings. The van der Waals surface area contributed by atoms with Crippen LogP contribution in [0.5, 0.6) is 0 Å². The van der Waals surface area contributed by atoms with Gasteiger partial charge in [0.25, 0.3) is 0 Å². The lowest BCUT2D eigenvalue weighted by molar-refractivity contribution is -0.144. The van der Waals surface area contributed by atoms with Crippen molar-refractivity contribution in [1.29, 1.82) is 0 Å². The summed E-state index contributed by atoms with van der Waals surface area (Å²) in [5.74, 6) is -0.181. The zero-order valence-corrected chi connectivity index (χ0v) is 13.3. The summed E-state index contributed by atoms with van der Waals surface area (Å²) in [6, 6.07) is 0.397. The molecule has 0 spiro atoms. The van der Waals surface area contributed by atoms with Crippen LogP contribution in [0, 0.1) is 5.92 Å². The van der Waals surface area contributed by atoms with Crippen LogP contribution in [0.3, 0.4) is 0 Å². The highest BCUT2D eigenvalue weighted by Gasteiger charge is 2.38. The standard InChI is InChI=1S/C15H30N2O3/c1-12(2)11-17(9-10-20-4)8-7-15(3,14(18)19)16-13-5-6-13/h12-13,16H,5-11H2,1-4H3,(H,18,19). The van der Waals surface area contributed by atoms with E-state index in [9.17, 15) is 9.90 Å². The van der Waals surface area contributed by atoms with E-state index in [1.807, 2.05) is 0 Å². The second kappa shape index (κ2) is 7.96. The monoisotopic (exact) mass is 286 g/mol. The van der Waals surface area contributed by atoms with Gasteiger partial charge in [0.05, 0.1) is 6.61 Å². The summed E-state index contributed by atoms with van der Waals surface area (Å²) < 4.78 is 5.13. The maximum Gasteiger partial charge on any atom is 0.323 e. The van der Waals surface area contributed by atoms with Crippen LogP contribution in [0.4, 0.5) is 0 Å². The molecule has 0 amide bonds. The van der Waals surface area contributed by atoms with E-state index in [0.29, 0.717) is 25.0 Å². The Kier molecular flexibility index (Phi) is 6.92. The first-order valence-electron chi connectivity index (χ1n) is 7.60. The molecule has 1 saturated carbocycles. The molecule has 118 valence electrons. The van der Waals surface area contributed by atoms with E-state index in [1.54, 1.807) is 14.0 Å².